The van der Waals surface area contributed by atoms with E-state index in [9.17, 15) is 4.79 Å². The first kappa shape index (κ1) is 14.0. The molecule has 3 heterocycles. The molecule has 3 atom stereocenters. The van der Waals surface area contributed by atoms with Gasteiger partial charge in [0.2, 0.25) is 5.91 Å². The van der Waals surface area contributed by atoms with E-state index in [1.165, 1.54) is 5.56 Å². The highest BCUT2D eigenvalue weighted by atomic mass is 32.1. The third kappa shape index (κ3) is 3.05. The Kier molecular flexibility index (Phi) is 4.38. The van der Waals surface area contributed by atoms with Gasteiger partial charge in [0, 0.05) is 18.5 Å². The van der Waals surface area contributed by atoms with Gasteiger partial charge in [-0.1, -0.05) is 0 Å². The lowest BCUT2D eigenvalue weighted by atomic mass is 9.91. The fraction of sp³-hybridized carbons (Fsp3) is 0.667. The van der Waals surface area contributed by atoms with Crippen molar-refractivity contribution in [3.63, 3.8) is 0 Å². The predicted molar refractivity (Wildman–Crippen MR) is 79.8 cm³/mol. The monoisotopic (exact) mass is 294 g/mol. The van der Waals surface area contributed by atoms with Crippen LogP contribution in [0.15, 0.2) is 16.8 Å². The summed E-state index contributed by atoms with van der Waals surface area (Å²) < 4.78 is 5.81. The quantitative estimate of drug-likeness (QED) is 0.907. The number of amides is 1. The zero-order valence-corrected chi connectivity index (χ0v) is 12.7. The smallest absolute Gasteiger partial charge is 0.225 e. The molecule has 5 heteroatoms. The normalized spacial score (nSPS) is 31.2. The van der Waals surface area contributed by atoms with Crippen molar-refractivity contribution in [2.45, 2.75) is 31.9 Å². The lowest BCUT2D eigenvalue weighted by Crippen LogP contribution is -2.48. The highest BCUT2D eigenvalue weighted by Crippen LogP contribution is 2.26. The van der Waals surface area contributed by atoms with Crippen LogP contribution in [0, 0.1) is 5.92 Å². The lowest BCUT2D eigenvalue weighted by Gasteiger charge is -2.37. The number of carbonyl (C=O) groups is 1. The Morgan fingerprint density at radius 2 is 2.45 bits per heavy atom. The highest BCUT2D eigenvalue weighted by molar-refractivity contribution is 7.07. The number of nitrogens with one attached hydrogen (secondary N) is 1. The molecule has 1 aromatic rings. The van der Waals surface area contributed by atoms with Crippen molar-refractivity contribution < 1.29 is 9.53 Å². The van der Waals surface area contributed by atoms with Gasteiger partial charge < -0.3 is 15.0 Å². The van der Waals surface area contributed by atoms with Gasteiger partial charge in [0.15, 0.2) is 0 Å². The summed E-state index contributed by atoms with van der Waals surface area (Å²) in [6.07, 6.45) is 1.97. The van der Waals surface area contributed by atoms with Crippen LogP contribution in [0.2, 0.25) is 0 Å². The molecule has 1 aromatic heterocycles. The first-order valence-corrected chi connectivity index (χ1v) is 8.34. The number of hydrogen-bond donors (Lipinski definition) is 1. The fourth-order valence-electron chi connectivity index (χ4n) is 3.12. The zero-order chi connectivity index (χ0) is 13.9. The van der Waals surface area contributed by atoms with E-state index < -0.39 is 0 Å². The topological polar surface area (TPSA) is 41.6 Å². The maximum atomic E-state index is 12.7. The van der Waals surface area contributed by atoms with E-state index in [4.69, 9.17) is 4.74 Å². The summed E-state index contributed by atoms with van der Waals surface area (Å²) >= 11 is 1.68. The number of nitrogens with zero attached hydrogens (tertiary/aromatic N) is 1. The summed E-state index contributed by atoms with van der Waals surface area (Å²) in [7, 11) is 0. The second kappa shape index (κ2) is 6.24. The number of hydrogen-bond acceptors (Lipinski definition) is 4. The van der Waals surface area contributed by atoms with E-state index >= 15 is 0 Å². The minimum Gasteiger partial charge on any atom is -0.370 e. The van der Waals surface area contributed by atoms with Gasteiger partial charge in [-0.15, -0.1) is 0 Å². The molecule has 0 saturated carbocycles. The van der Waals surface area contributed by atoms with Gasteiger partial charge in [-0.2, -0.15) is 11.3 Å². The Morgan fingerprint density at radius 3 is 3.20 bits per heavy atom. The van der Waals surface area contributed by atoms with Crippen molar-refractivity contribution >= 4 is 17.2 Å². The number of thiophene rings is 1. The van der Waals surface area contributed by atoms with Gasteiger partial charge >= 0.3 is 0 Å². The van der Waals surface area contributed by atoms with Crippen molar-refractivity contribution in [3.8, 4) is 0 Å². The standard InChI is InChI=1S/C15H22N2O2S/c1-11-8-12(2-4-16-11)15(18)17-5-6-19-14(9-17)13-3-7-20-10-13/h3,7,10-12,14,16H,2,4-6,8-9H2,1H3/t11-,12-,14?/m0/s1. The summed E-state index contributed by atoms with van der Waals surface area (Å²) in [6.45, 7) is 5.20. The van der Waals surface area contributed by atoms with Crippen molar-refractivity contribution in [2.24, 2.45) is 5.92 Å². The third-order valence-electron chi connectivity index (χ3n) is 4.27. The molecular formula is C15H22N2O2S. The molecule has 1 N–H and O–H groups in total. The Hall–Kier alpha value is -0.910. The van der Waals surface area contributed by atoms with E-state index in [1.54, 1.807) is 11.3 Å². The molecule has 0 bridgehead atoms. The van der Waals surface area contributed by atoms with Crippen LogP contribution in [-0.2, 0) is 9.53 Å². The van der Waals surface area contributed by atoms with Crippen LogP contribution < -0.4 is 5.32 Å². The maximum absolute atomic E-state index is 12.7. The number of carbonyl (C=O) groups excluding carboxylic acids is 1. The van der Waals surface area contributed by atoms with E-state index in [-0.39, 0.29) is 12.0 Å². The summed E-state index contributed by atoms with van der Waals surface area (Å²) in [5, 5.41) is 7.59. The molecular weight excluding hydrogens is 272 g/mol. The molecule has 2 aliphatic rings. The molecule has 0 aliphatic carbocycles. The first-order chi connectivity index (χ1) is 9.74. The fourth-order valence-corrected chi connectivity index (χ4v) is 3.83. The molecule has 2 aliphatic heterocycles. The Balaban J connectivity index is 1.63. The molecule has 20 heavy (non-hydrogen) atoms. The van der Waals surface area contributed by atoms with E-state index in [0.717, 1.165) is 25.9 Å². The minimum atomic E-state index is 0.0538. The average Bonchev–Trinajstić information content (AvgIpc) is 3.01. The summed E-state index contributed by atoms with van der Waals surface area (Å²) in [6, 6.07) is 2.54. The highest BCUT2D eigenvalue weighted by Gasteiger charge is 2.32. The van der Waals surface area contributed by atoms with Crippen molar-refractivity contribution in [2.75, 3.05) is 26.2 Å². The van der Waals surface area contributed by atoms with Crippen LogP contribution in [-0.4, -0.2) is 43.1 Å². The second-order valence-electron chi connectivity index (χ2n) is 5.78. The van der Waals surface area contributed by atoms with Crippen molar-refractivity contribution in [3.05, 3.63) is 22.4 Å². The molecule has 0 aromatic carbocycles. The minimum absolute atomic E-state index is 0.0538. The molecule has 0 radical (unpaired) electrons. The molecule has 2 saturated heterocycles. The van der Waals surface area contributed by atoms with Crippen LogP contribution in [0.3, 0.4) is 0 Å². The molecule has 110 valence electrons. The second-order valence-corrected chi connectivity index (χ2v) is 6.56. The van der Waals surface area contributed by atoms with Crippen LogP contribution in [0.25, 0.3) is 0 Å². The van der Waals surface area contributed by atoms with Gasteiger partial charge in [0.25, 0.3) is 0 Å². The van der Waals surface area contributed by atoms with Gasteiger partial charge in [-0.05, 0) is 48.7 Å². The number of rotatable bonds is 2. The Labute approximate surface area is 124 Å². The maximum Gasteiger partial charge on any atom is 0.225 e. The predicted octanol–water partition coefficient (Wildman–Crippen LogP) is 2.04. The van der Waals surface area contributed by atoms with Crippen LogP contribution in [0.1, 0.15) is 31.4 Å². The van der Waals surface area contributed by atoms with Gasteiger partial charge in [0.05, 0.1) is 13.2 Å². The molecule has 2 fully saturated rings. The van der Waals surface area contributed by atoms with E-state index in [1.807, 2.05) is 4.90 Å². The Bertz CT molecular complexity index is 449. The SMILES string of the molecule is C[C@H]1C[C@@H](C(=O)N2CCOC(c3ccsc3)C2)CCN1. The molecule has 0 spiro atoms. The van der Waals surface area contributed by atoms with Gasteiger partial charge in [-0.3, -0.25) is 4.79 Å². The molecule has 1 amide bonds. The van der Waals surface area contributed by atoms with Crippen molar-refractivity contribution in [1.82, 2.24) is 10.2 Å². The third-order valence-corrected chi connectivity index (χ3v) is 4.97. The lowest BCUT2D eigenvalue weighted by molar-refractivity contribution is -0.144. The largest absolute Gasteiger partial charge is 0.370 e. The van der Waals surface area contributed by atoms with Gasteiger partial charge in [-0.25, -0.2) is 0 Å². The number of morpholine rings is 1. The summed E-state index contributed by atoms with van der Waals surface area (Å²) in [5.41, 5.74) is 1.20. The summed E-state index contributed by atoms with van der Waals surface area (Å²) in [4.78, 5) is 14.7. The number of ether oxygens (including phenoxy) is 1. The Morgan fingerprint density at radius 1 is 1.55 bits per heavy atom. The summed E-state index contributed by atoms with van der Waals surface area (Å²) in [5.74, 6) is 0.509. The first-order valence-electron chi connectivity index (χ1n) is 7.40. The molecule has 3 rings (SSSR count). The van der Waals surface area contributed by atoms with Crippen LogP contribution >= 0.6 is 11.3 Å². The molecule has 1 unspecified atom stereocenters. The zero-order valence-electron chi connectivity index (χ0n) is 11.9. The van der Waals surface area contributed by atoms with Crippen LogP contribution in [0.5, 0.6) is 0 Å². The van der Waals surface area contributed by atoms with E-state index in [0.29, 0.717) is 25.1 Å². The number of piperidine rings is 1. The average molecular weight is 294 g/mol. The van der Waals surface area contributed by atoms with Crippen LogP contribution in [0.4, 0.5) is 0 Å². The van der Waals surface area contributed by atoms with E-state index in [2.05, 4.69) is 29.1 Å². The van der Waals surface area contributed by atoms with Crippen molar-refractivity contribution in [1.29, 1.82) is 0 Å². The van der Waals surface area contributed by atoms with Gasteiger partial charge in [0.1, 0.15) is 6.10 Å². The molecule has 4 nitrogen and oxygen atoms in total.